The Kier molecular flexibility index (Phi) is 28.6. The fraction of sp³-hybridized carbons (Fsp3) is 0.833. The van der Waals surface area contributed by atoms with Gasteiger partial charge in [-0.15, -0.1) is 0 Å². The molecule has 0 aliphatic rings. The van der Waals surface area contributed by atoms with Gasteiger partial charge in [-0.25, -0.2) is 9.36 Å². The van der Waals surface area contributed by atoms with Crippen molar-refractivity contribution in [3.63, 3.8) is 0 Å². The Morgan fingerprint density at radius 3 is 1.78 bits per heavy atom. The second-order valence-electron chi connectivity index (χ2n) is 13.3. The maximum Gasteiger partial charge on any atom is 0.472 e. The highest BCUT2D eigenvalue weighted by Gasteiger charge is 2.26. The summed E-state index contributed by atoms with van der Waals surface area (Å²) in [4.78, 5) is 34.8. The van der Waals surface area contributed by atoms with E-state index in [1.807, 2.05) is 33.3 Å². The number of likely N-dealkylation sites (N-methyl/N-ethyl adjacent to an activating group) is 1. The summed E-state index contributed by atoms with van der Waals surface area (Å²) in [6.07, 6.45) is 28.8. The van der Waals surface area contributed by atoms with Crippen LogP contribution in [0.25, 0.3) is 0 Å². The summed E-state index contributed by atoms with van der Waals surface area (Å²) in [6.45, 7) is 4.22. The van der Waals surface area contributed by atoms with Gasteiger partial charge in [0.05, 0.1) is 27.7 Å². The summed E-state index contributed by atoms with van der Waals surface area (Å²) in [6, 6.07) is 0. The van der Waals surface area contributed by atoms with Gasteiger partial charge >= 0.3 is 19.8 Å². The molecular weight excluding hydrogens is 605 g/mol. The van der Waals surface area contributed by atoms with Crippen LogP contribution in [0.4, 0.5) is 0 Å². The van der Waals surface area contributed by atoms with E-state index in [-0.39, 0.29) is 19.6 Å². The average molecular weight is 675 g/mol. The molecule has 0 aromatic heterocycles. The molecule has 0 saturated heterocycles. The summed E-state index contributed by atoms with van der Waals surface area (Å²) >= 11 is 0. The number of ether oxygens (including phenoxy) is 2. The second kappa shape index (κ2) is 29.6. The van der Waals surface area contributed by atoms with E-state index in [0.717, 1.165) is 32.1 Å². The van der Waals surface area contributed by atoms with E-state index in [9.17, 15) is 19.0 Å². The lowest BCUT2D eigenvalue weighted by Crippen LogP contribution is -2.37. The van der Waals surface area contributed by atoms with Crippen LogP contribution in [-0.2, 0) is 32.7 Å². The van der Waals surface area contributed by atoms with E-state index in [2.05, 4.69) is 13.8 Å². The third-order valence-electron chi connectivity index (χ3n) is 7.59. The lowest BCUT2D eigenvalue weighted by molar-refractivity contribution is -0.870. The van der Waals surface area contributed by atoms with Crippen molar-refractivity contribution in [3.8, 4) is 0 Å². The predicted molar refractivity (Wildman–Crippen MR) is 187 cm³/mol. The number of phosphoric ester groups is 1. The molecule has 0 heterocycles. The van der Waals surface area contributed by atoms with Crippen LogP contribution in [0.15, 0.2) is 24.3 Å². The van der Waals surface area contributed by atoms with Crippen LogP contribution < -0.4 is 0 Å². The Morgan fingerprint density at radius 1 is 0.717 bits per heavy atom. The number of hydrogen-bond donors (Lipinski definition) is 1. The number of carbonyl (C=O) groups is 2. The van der Waals surface area contributed by atoms with Crippen LogP contribution in [0.2, 0.25) is 0 Å². The topological polar surface area (TPSA) is 108 Å². The zero-order valence-corrected chi connectivity index (χ0v) is 31.0. The molecule has 2 atom stereocenters. The van der Waals surface area contributed by atoms with Crippen molar-refractivity contribution in [2.24, 2.45) is 0 Å². The highest BCUT2D eigenvalue weighted by molar-refractivity contribution is 7.47. The van der Waals surface area contributed by atoms with Gasteiger partial charge < -0.3 is 18.9 Å². The van der Waals surface area contributed by atoms with E-state index in [1.165, 1.54) is 96.0 Å². The Balaban J connectivity index is 4.55. The molecule has 0 spiro atoms. The predicted octanol–water partition coefficient (Wildman–Crippen LogP) is 9.24. The van der Waals surface area contributed by atoms with E-state index in [1.54, 1.807) is 6.08 Å². The fourth-order valence-corrected chi connectivity index (χ4v) is 5.43. The van der Waals surface area contributed by atoms with Crippen LogP contribution in [-0.4, -0.2) is 74.9 Å². The summed E-state index contributed by atoms with van der Waals surface area (Å²) in [7, 11) is 1.42. The third-order valence-corrected chi connectivity index (χ3v) is 8.58. The number of esters is 2. The lowest BCUT2D eigenvalue weighted by atomic mass is 10.1. The number of nitrogens with zero attached hydrogens (tertiary/aromatic N) is 1. The molecule has 1 unspecified atom stereocenters. The number of phosphoric acid groups is 1. The maximum absolute atomic E-state index is 12.5. The molecule has 0 radical (unpaired) electrons. The van der Waals surface area contributed by atoms with Crippen LogP contribution in [0.3, 0.4) is 0 Å². The van der Waals surface area contributed by atoms with Crippen molar-refractivity contribution >= 4 is 19.8 Å². The van der Waals surface area contributed by atoms with Gasteiger partial charge in [-0.1, -0.05) is 135 Å². The minimum absolute atomic E-state index is 0.0173. The van der Waals surface area contributed by atoms with Crippen LogP contribution in [0.5, 0.6) is 0 Å². The quantitative estimate of drug-likeness (QED) is 0.0188. The number of allylic oxidation sites excluding steroid dienone is 3. The first kappa shape index (κ1) is 44.5. The monoisotopic (exact) mass is 674 g/mol. The third kappa shape index (κ3) is 32.4. The molecule has 0 bridgehead atoms. The Morgan fingerprint density at radius 2 is 1.24 bits per heavy atom. The maximum atomic E-state index is 12.5. The Hall–Kier alpha value is -1.51. The molecule has 0 aliphatic carbocycles. The largest absolute Gasteiger partial charge is 0.472 e. The van der Waals surface area contributed by atoms with Crippen LogP contribution in [0.1, 0.15) is 142 Å². The highest BCUT2D eigenvalue weighted by Crippen LogP contribution is 2.43. The van der Waals surface area contributed by atoms with Gasteiger partial charge in [0.1, 0.15) is 19.8 Å². The first-order chi connectivity index (χ1) is 22.0. The minimum Gasteiger partial charge on any atom is -0.462 e. The van der Waals surface area contributed by atoms with Crippen LogP contribution >= 0.6 is 7.82 Å². The molecule has 0 aliphatic heterocycles. The number of quaternary nitrogens is 1. The van der Waals surface area contributed by atoms with Gasteiger partial charge in [0.15, 0.2) is 6.10 Å². The average Bonchev–Trinajstić information content (AvgIpc) is 2.99. The number of carbonyl (C=O) groups excluding carboxylic acids is 2. The van der Waals surface area contributed by atoms with Crippen molar-refractivity contribution < 1.29 is 42.1 Å². The van der Waals surface area contributed by atoms with Crippen molar-refractivity contribution in [2.45, 2.75) is 148 Å². The Labute approximate surface area is 281 Å². The number of unbranched alkanes of at least 4 members (excludes halogenated alkanes) is 17. The Bertz CT molecular complexity index is 855. The molecule has 10 heteroatoms. The summed E-state index contributed by atoms with van der Waals surface area (Å²) in [5, 5.41) is 0. The normalized spacial score (nSPS) is 14.1. The van der Waals surface area contributed by atoms with Crippen molar-refractivity contribution in [1.29, 1.82) is 0 Å². The van der Waals surface area contributed by atoms with Gasteiger partial charge in [0.25, 0.3) is 0 Å². The number of rotatable bonds is 32. The molecule has 46 heavy (non-hydrogen) atoms. The lowest BCUT2D eigenvalue weighted by Gasteiger charge is -2.24. The molecule has 1 N–H and O–H groups in total. The zero-order valence-electron chi connectivity index (χ0n) is 30.1. The van der Waals surface area contributed by atoms with Crippen molar-refractivity contribution in [2.75, 3.05) is 47.5 Å². The SMILES string of the molecule is CCCCCCCCCCCCC/C=C/C=C/C(=O)O[C@H](COC(=O)CCCCCCCCC)COP(=O)(O)OCC[N+](C)(C)C. The minimum atomic E-state index is -4.38. The molecular formula is C36H69NO8P+. The molecule has 0 amide bonds. The summed E-state index contributed by atoms with van der Waals surface area (Å²) in [5.41, 5.74) is 0. The van der Waals surface area contributed by atoms with Gasteiger partial charge in [-0.2, -0.15) is 0 Å². The zero-order chi connectivity index (χ0) is 34.4. The van der Waals surface area contributed by atoms with Gasteiger partial charge in [0, 0.05) is 12.5 Å². The molecule has 0 rings (SSSR count). The van der Waals surface area contributed by atoms with E-state index in [0.29, 0.717) is 11.0 Å². The standard InChI is InChI=1S/C36H68NO8P/c1-6-8-10-12-14-15-16-17-18-19-20-21-23-25-27-29-36(39)45-34(33-44-46(40,41)43-31-30-37(3,4)5)32-42-35(38)28-26-24-22-13-11-9-7-2/h23,25,27,29,34H,6-22,24,26,28,30-33H2,1-5H3/p+1/b25-23+,29-27+/t34-/m1/s1. The smallest absolute Gasteiger partial charge is 0.462 e. The molecule has 9 nitrogen and oxygen atoms in total. The van der Waals surface area contributed by atoms with Gasteiger partial charge in [-0.05, 0) is 19.3 Å². The van der Waals surface area contributed by atoms with E-state index >= 15 is 0 Å². The second-order valence-corrected chi connectivity index (χ2v) is 14.8. The molecule has 0 fully saturated rings. The van der Waals surface area contributed by atoms with E-state index < -0.39 is 32.5 Å². The van der Waals surface area contributed by atoms with Crippen molar-refractivity contribution in [3.05, 3.63) is 24.3 Å². The van der Waals surface area contributed by atoms with Gasteiger partial charge in [0.2, 0.25) is 0 Å². The van der Waals surface area contributed by atoms with Crippen LogP contribution in [0, 0.1) is 0 Å². The first-order valence-electron chi connectivity index (χ1n) is 18.1. The summed E-state index contributed by atoms with van der Waals surface area (Å²) < 4.78 is 33.8. The molecule has 0 aromatic carbocycles. The first-order valence-corrected chi connectivity index (χ1v) is 19.6. The summed E-state index contributed by atoms with van der Waals surface area (Å²) in [5.74, 6) is -1.06. The highest BCUT2D eigenvalue weighted by atomic mass is 31.2. The van der Waals surface area contributed by atoms with Crippen molar-refractivity contribution in [1.82, 2.24) is 0 Å². The molecule has 0 saturated carbocycles. The fourth-order valence-electron chi connectivity index (χ4n) is 4.68. The van der Waals surface area contributed by atoms with E-state index in [4.69, 9.17) is 18.5 Å². The molecule has 270 valence electrons. The molecule has 0 aromatic rings. The number of hydrogen-bond acceptors (Lipinski definition) is 7. The van der Waals surface area contributed by atoms with Gasteiger partial charge in [-0.3, -0.25) is 13.8 Å².